The number of aromatic nitrogens is 2. The zero-order valence-electron chi connectivity index (χ0n) is 9.95. The Balaban J connectivity index is 2.39. The minimum absolute atomic E-state index is 0.0538. The van der Waals surface area contributed by atoms with E-state index in [2.05, 4.69) is 9.97 Å². The average molecular weight is 243 g/mol. The average Bonchev–Trinajstić information content (AvgIpc) is 2.41. The summed E-state index contributed by atoms with van der Waals surface area (Å²) in [5.74, 6) is -0.544. The Bertz CT molecular complexity index is 543. The van der Waals surface area contributed by atoms with E-state index in [1.807, 2.05) is 42.2 Å². The molecule has 1 aromatic heterocycles. The van der Waals surface area contributed by atoms with Gasteiger partial charge < -0.3 is 10.0 Å². The van der Waals surface area contributed by atoms with Crippen LogP contribution in [0, 0.1) is 0 Å². The SMILES string of the molecule is CCN(c1ccccc1)c1cncc(C(=O)O)n1. The fourth-order valence-corrected chi connectivity index (χ4v) is 1.67. The van der Waals surface area contributed by atoms with Gasteiger partial charge in [0.15, 0.2) is 11.5 Å². The molecule has 0 aliphatic carbocycles. The van der Waals surface area contributed by atoms with E-state index in [0.717, 1.165) is 5.69 Å². The van der Waals surface area contributed by atoms with Crippen molar-refractivity contribution in [3.8, 4) is 0 Å². The van der Waals surface area contributed by atoms with Gasteiger partial charge in [-0.25, -0.2) is 9.78 Å². The van der Waals surface area contributed by atoms with Crippen LogP contribution in [0.15, 0.2) is 42.7 Å². The third kappa shape index (κ3) is 2.45. The summed E-state index contributed by atoms with van der Waals surface area (Å²) in [4.78, 5) is 20.8. The van der Waals surface area contributed by atoms with Gasteiger partial charge in [0.2, 0.25) is 0 Å². The molecule has 0 saturated heterocycles. The number of rotatable bonds is 4. The first-order valence-electron chi connectivity index (χ1n) is 5.60. The van der Waals surface area contributed by atoms with Gasteiger partial charge in [-0.3, -0.25) is 4.98 Å². The van der Waals surface area contributed by atoms with E-state index >= 15 is 0 Å². The van der Waals surface area contributed by atoms with Crippen LogP contribution in [0.25, 0.3) is 0 Å². The van der Waals surface area contributed by atoms with Gasteiger partial charge in [0.25, 0.3) is 0 Å². The first-order valence-corrected chi connectivity index (χ1v) is 5.60. The van der Waals surface area contributed by atoms with E-state index in [4.69, 9.17) is 5.11 Å². The molecule has 0 fully saturated rings. The maximum Gasteiger partial charge on any atom is 0.356 e. The molecule has 2 aromatic rings. The number of hydrogen-bond acceptors (Lipinski definition) is 4. The Morgan fingerprint density at radius 3 is 2.61 bits per heavy atom. The molecule has 0 saturated carbocycles. The molecule has 92 valence electrons. The van der Waals surface area contributed by atoms with Gasteiger partial charge in [-0.15, -0.1) is 0 Å². The molecule has 1 heterocycles. The predicted molar refractivity (Wildman–Crippen MR) is 68.1 cm³/mol. The first-order chi connectivity index (χ1) is 8.72. The first kappa shape index (κ1) is 12.0. The molecule has 1 aromatic carbocycles. The Labute approximate surface area is 105 Å². The molecule has 0 aliphatic rings. The second-order valence-corrected chi connectivity index (χ2v) is 3.65. The highest BCUT2D eigenvalue weighted by atomic mass is 16.4. The smallest absolute Gasteiger partial charge is 0.356 e. The summed E-state index contributed by atoms with van der Waals surface area (Å²) in [7, 11) is 0. The lowest BCUT2D eigenvalue weighted by molar-refractivity contribution is 0.0690. The highest BCUT2D eigenvalue weighted by Gasteiger charge is 2.12. The third-order valence-corrected chi connectivity index (χ3v) is 2.50. The summed E-state index contributed by atoms with van der Waals surface area (Å²) in [6.07, 6.45) is 2.80. The van der Waals surface area contributed by atoms with Crippen LogP contribution in [-0.4, -0.2) is 27.6 Å². The summed E-state index contributed by atoms with van der Waals surface area (Å²) < 4.78 is 0. The lowest BCUT2D eigenvalue weighted by atomic mass is 10.3. The quantitative estimate of drug-likeness (QED) is 0.892. The van der Waals surface area contributed by atoms with Crippen molar-refractivity contribution in [1.82, 2.24) is 9.97 Å². The third-order valence-electron chi connectivity index (χ3n) is 2.50. The highest BCUT2D eigenvalue weighted by Crippen LogP contribution is 2.22. The summed E-state index contributed by atoms with van der Waals surface area (Å²) in [6.45, 7) is 2.66. The van der Waals surface area contributed by atoms with Crippen molar-refractivity contribution in [3.05, 3.63) is 48.4 Å². The lowest BCUT2D eigenvalue weighted by Crippen LogP contribution is -2.18. The van der Waals surface area contributed by atoms with Gasteiger partial charge in [-0.1, -0.05) is 18.2 Å². The molecule has 0 unspecified atom stereocenters. The van der Waals surface area contributed by atoms with Gasteiger partial charge in [0, 0.05) is 12.2 Å². The van der Waals surface area contributed by atoms with Gasteiger partial charge in [-0.05, 0) is 19.1 Å². The second-order valence-electron chi connectivity index (χ2n) is 3.65. The van der Waals surface area contributed by atoms with Gasteiger partial charge in [0.05, 0.1) is 12.4 Å². The molecule has 0 spiro atoms. The van der Waals surface area contributed by atoms with Gasteiger partial charge >= 0.3 is 5.97 Å². The molecule has 0 amide bonds. The van der Waals surface area contributed by atoms with Gasteiger partial charge in [-0.2, -0.15) is 0 Å². The number of carboxylic acid groups (broad SMARTS) is 1. The summed E-state index contributed by atoms with van der Waals surface area (Å²) >= 11 is 0. The number of nitrogens with zero attached hydrogens (tertiary/aromatic N) is 3. The topological polar surface area (TPSA) is 66.3 Å². The standard InChI is InChI=1S/C13H13N3O2/c1-2-16(10-6-4-3-5-7-10)12-9-14-8-11(15-12)13(17)18/h3-9H,2H2,1H3,(H,17,18). The molecular weight excluding hydrogens is 230 g/mol. The molecule has 18 heavy (non-hydrogen) atoms. The monoisotopic (exact) mass is 243 g/mol. The number of para-hydroxylation sites is 1. The number of carboxylic acids is 1. The maximum atomic E-state index is 10.9. The molecule has 0 radical (unpaired) electrons. The van der Waals surface area contributed by atoms with Crippen molar-refractivity contribution in [2.45, 2.75) is 6.92 Å². The van der Waals surface area contributed by atoms with Crippen LogP contribution in [0.4, 0.5) is 11.5 Å². The van der Waals surface area contributed by atoms with Crippen LogP contribution in [0.5, 0.6) is 0 Å². The zero-order valence-corrected chi connectivity index (χ0v) is 9.95. The summed E-state index contributed by atoms with van der Waals surface area (Å²) in [5.41, 5.74) is 0.902. The number of benzene rings is 1. The number of anilines is 2. The molecule has 5 heteroatoms. The fourth-order valence-electron chi connectivity index (χ4n) is 1.67. The van der Waals surface area contributed by atoms with Crippen molar-refractivity contribution in [3.63, 3.8) is 0 Å². The molecule has 2 rings (SSSR count). The Morgan fingerprint density at radius 2 is 2.00 bits per heavy atom. The second kappa shape index (κ2) is 5.27. The molecule has 1 N–H and O–H groups in total. The fraction of sp³-hybridized carbons (Fsp3) is 0.154. The molecule has 0 atom stereocenters. The van der Waals surface area contributed by atoms with Crippen molar-refractivity contribution >= 4 is 17.5 Å². The highest BCUT2D eigenvalue weighted by molar-refractivity contribution is 5.85. The van der Waals surface area contributed by atoms with Crippen molar-refractivity contribution < 1.29 is 9.90 Å². The van der Waals surface area contributed by atoms with E-state index in [1.165, 1.54) is 6.20 Å². The predicted octanol–water partition coefficient (Wildman–Crippen LogP) is 2.33. The summed E-state index contributed by atoms with van der Waals surface area (Å²) in [6, 6.07) is 9.66. The molecular formula is C13H13N3O2. The van der Waals surface area contributed by atoms with Crippen LogP contribution in [0.3, 0.4) is 0 Å². The Morgan fingerprint density at radius 1 is 1.28 bits per heavy atom. The van der Waals surface area contributed by atoms with E-state index in [9.17, 15) is 4.79 Å². The Kier molecular flexibility index (Phi) is 3.52. The zero-order chi connectivity index (χ0) is 13.0. The molecule has 0 bridgehead atoms. The van der Waals surface area contributed by atoms with Crippen molar-refractivity contribution in [2.75, 3.05) is 11.4 Å². The normalized spacial score (nSPS) is 10.1. The van der Waals surface area contributed by atoms with Crippen LogP contribution in [-0.2, 0) is 0 Å². The number of aromatic carboxylic acids is 1. The van der Waals surface area contributed by atoms with Crippen molar-refractivity contribution in [1.29, 1.82) is 0 Å². The van der Waals surface area contributed by atoms with E-state index in [-0.39, 0.29) is 5.69 Å². The van der Waals surface area contributed by atoms with E-state index in [0.29, 0.717) is 12.4 Å². The molecule has 5 nitrogen and oxygen atoms in total. The maximum absolute atomic E-state index is 10.9. The largest absolute Gasteiger partial charge is 0.476 e. The van der Waals surface area contributed by atoms with Crippen LogP contribution in [0.1, 0.15) is 17.4 Å². The van der Waals surface area contributed by atoms with Crippen LogP contribution >= 0.6 is 0 Å². The van der Waals surface area contributed by atoms with E-state index < -0.39 is 5.97 Å². The number of carbonyl (C=O) groups is 1. The lowest BCUT2D eigenvalue weighted by Gasteiger charge is -2.21. The van der Waals surface area contributed by atoms with Crippen LogP contribution in [0.2, 0.25) is 0 Å². The van der Waals surface area contributed by atoms with Crippen LogP contribution < -0.4 is 4.90 Å². The summed E-state index contributed by atoms with van der Waals surface area (Å²) in [5, 5.41) is 8.91. The minimum Gasteiger partial charge on any atom is -0.476 e. The minimum atomic E-state index is -1.08. The molecule has 0 aliphatic heterocycles. The van der Waals surface area contributed by atoms with Crippen molar-refractivity contribution in [2.24, 2.45) is 0 Å². The van der Waals surface area contributed by atoms with Gasteiger partial charge in [0.1, 0.15) is 0 Å². The number of hydrogen-bond donors (Lipinski definition) is 1. The van der Waals surface area contributed by atoms with E-state index in [1.54, 1.807) is 6.20 Å². The Hall–Kier alpha value is -2.43.